The molecule has 0 aromatic rings. The highest BCUT2D eigenvalue weighted by Gasteiger charge is 2.01. The van der Waals surface area contributed by atoms with Crippen LogP contribution >= 0.6 is 11.8 Å². The fraction of sp³-hybridized carbons (Fsp3) is 0.800. The predicted molar refractivity (Wildman–Crippen MR) is 60.1 cm³/mol. The second kappa shape index (κ2) is 9.83. The molecule has 4 nitrogen and oxygen atoms in total. The van der Waals surface area contributed by atoms with E-state index in [4.69, 9.17) is 9.84 Å². The Morgan fingerprint density at radius 3 is 2.60 bits per heavy atom. The summed E-state index contributed by atoms with van der Waals surface area (Å²) in [5, 5.41) is 8.37. The summed E-state index contributed by atoms with van der Waals surface area (Å²) < 4.78 is 4.78. The molecule has 0 fully saturated rings. The summed E-state index contributed by atoms with van der Waals surface area (Å²) in [4.78, 5) is 21.1. The smallest absolute Gasteiger partial charge is 0.313 e. The maximum Gasteiger partial charge on any atom is 0.313 e. The van der Waals surface area contributed by atoms with Gasteiger partial charge in [-0.2, -0.15) is 11.8 Å². The van der Waals surface area contributed by atoms with Gasteiger partial charge in [0.2, 0.25) is 0 Å². The molecular formula is C10H18O4S. The van der Waals surface area contributed by atoms with Crippen molar-refractivity contribution in [3.63, 3.8) is 0 Å². The number of rotatable bonds is 9. The van der Waals surface area contributed by atoms with Crippen LogP contribution in [0.1, 0.15) is 32.6 Å². The molecule has 88 valence electrons. The average molecular weight is 234 g/mol. The number of aliphatic carboxylic acids is 1. The maximum absolute atomic E-state index is 10.9. The number of carbonyl (C=O) groups excluding carboxylic acids is 1. The van der Waals surface area contributed by atoms with Gasteiger partial charge in [-0.3, -0.25) is 9.59 Å². The molecule has 0 spiro atoms. The number of thioether (sulfide) groups is 1. The first-order valence-electron chi connectivity index (χ1n) is 5.12. The monoisotopic (exact) mass is 234 g/mol. The van der Waals surface area contributed by atoms with Crippen molar-refractivity contribution in [2.24, 2.45) is 0 Å². The largest absolute Gasteiger partial charge is 0.481 e. The van der Waals surface area contributed by atoms with Crippen LogP contribution in [0.25, 0.3) is 0 Å². The van der Waals surface area contributed by atoms with Crippen molar-refractivity contribution in [2.45, 2.75) is 32.6 Å². The first-order chi connectivity index (χ1) is 7.16. The molecule has 0 amide bonds. The highest BCUT2D eigenvalue weighted by Crippen LogP contribution is 2.07. The summed E-state index contributed by atoms with van der Waals surface area (Å²) in [5.74, 6) is 0.0923. The van der Waals surface area contributed by atoms with E-state index in [-0.39, 0.29) is 11.7 Å². The topological polar surface area (TPSA) is 63.6 Å². The first kappa shape index (κ1) is 14.3. The zero-order valence-corrected chi connectivity index (χ0v) is 9.85. The Morgan fingerprint density at radius 1 is 1.27 bits per heavy atom. The third-order valence-electron chi connectivity index (χ3n) is 1.70. The lowest BCUT2D eigenvalue weighted by atomic mass is 10.2. The predicted octanol–water partition coefficient (Wildman–Crippen LogP) is 1.93. The minimum Gasteiger partial charge on any atom is -0.481 e. The van der Waals surface area contributed by atoms with Gasteiger partial charge >= 0.3 is 11.9 Å². The number of esters is 1. The van der Waals surface area contributed by atoms with Crippen molar-refractivity contribution in [2.75, 3.05) is 18.1 Å². The third-order valence-corrected chi connectivity index (χ3v) is 2.73. The molecule has 0 aliphatic rings. The average Bonchev–Trinajstić information content (AvgIpc) is 2.16. The number of carboxylic acid groups (broad SMARTS) is 1. The van der Waals surface area contributed by atoms with E-state index < -0.39 is 5.97 Å². The molecule has 0 aliphatic heterocycles. The molecule has 0 aliphatic carbocycles. The van der Waals surface area contributed by atoms with E-state index in [0.29, 0.717) is 13.0 Å². The van der Waals surface area contributed by atoms with Gasteiger partial charge in [-0.25, -0.2) is 0 Å². The molecule has 0 atom stereocenters. The van der Waals surface area contributed by atoms with Crippen molar-refractivity contribution < 1.29 is 19.4 Å². The van der Waals surface area contributed by atoms with Crippen LogP contribution in [0.5, 0.6) is 0 Å². The number of unbranched alkanes of at least 4 members (excludes halogenated alkanes) is 2. The molecule has 5 heteroatoms. The summed E-state index contributed by atoms with van der Waals surface area (Å²) in [6.45, 7) is 2.23. The van der Waals surface area contributed by atoms with E-state index in [1.165, 1.54) is 11.8 Å². The Balaban J connectivity index is 3.11. The lowest BCUT2D eigenvalue weighted by molar-refractivity contribution is -0.143. The minimum absolute atomic E-state index is 0.143. The van der Waals surface area contributed by atoms with E-state index >= 15 is 0 Å². The molecule has 15 heavy (non-hydrogen) atoms. The van der Waals surface area contributed by atoms with E-state index in [2.05, 4.69) is 0 Å². The van der Waals surface area contributed by atoms with Crippen LogP contribution in [-0.4, -0.2) is 35.2 Å². The highest BCUT2D eigenvalue weighted by atomic mass is 32.2. The Hall–Kier alpha value is -0.710. The fourth-order valence-electron chi connectivity index (χ4n) is 1.04. The summed E-state index contributed by atoms with van der Waals surface area (Å²) in [5.41, 5.74) is 0. The van der Waals surface area contributed by atoms with Crippen LogP contribution in [0, 0.1) is 0 Å². The number of hydrogen-bond donors (Lipinski definition) is 1. The number of carboxylic acids is 1. The van der Waals surface area contributed by atoms with Gasteiger partial charge in [0, 0.05) is 6.42 Å². The Morgan fingerprint density at radius 2 is 2.00 bits per heavy atom. The molecule has 0 aromatic heterocycles. The third kappa shape index (κ3) is 11.2. The zero-order chi connectivity index (χ0) is 11.5. The van der Waals surface area contributed by atoms with Crippen molar-refractivity contribution >= 4 is 23.7 Å². The Labute approximate surface area is 94.4 Å². The molecule has 0 bridgehead atoms. The van der Waals surface area contributed by atoms with Crippen LogP contribution in [0.4, 0.5) is 0 Å². The second-order valence-electron chi connectivity index (χ2n) is 3.06. The lowest BCUT2D eigenvalue weighted by Crippen LogP contribution is -2.03. The van der Waals surface area contributed by atoms with Crippen LogP contribution in [0.3, 0.4) is 0 Å². The van der Waals surface area contributed by atoms with Gasteiger partial charge in [-0.1, -0.05) is 6.42 Å². The normalized spacial score (nSPS) is 9.93. The summed E-state index contributed by atoms with van der Waals surface area (Å²) in [7, 11) is 0. The number of hydrogen-bond acceptors (Lipinski definition) is 4. The van der Waals surface area contributed by atoms with Gasteiger partial charge in [-0.15, -0.1) is 0 Å². The highest BCUT2D eigenvalue weighted by molar-refractivity contribution is 7.99. The molecule has 0 saturated heterocycles. The summed E-state index contributed by atoms with van der Waals surface area (Å²) in [6, 6.07) is 0. The zero-order valence-electron chi connectivity index (χ0n) is 9.03. The maximum atomic E-state index is 10.9. The molecule has 0 unspecified atom stereocenters. The van der Waals surface area contributed by atoms with Crippen LogP contribution in [0.2, 0.25) is 0 Å². The summed E-state index contributed by atoms with van der Waals surface area (Å²) in [6.07, 6.45) is 3.20. The van der Waals surface area contributed by atoms with E-state index in [0.717, 1.165) is 25.0 Å². The molecule has 0 saturated carbocycles. The molecular weight excluding hydrogens is 216 g/mol. The number of ether oxygens (including phenoxy) is 1. The fourth-order valence-corrected chi connectivity index (χ4v) is 1.77. The van der Waals surface area contributed by atoms with Crippen molar-refractivity contribution in [3.05, 3.63) is 0 Å². The molecule has 1 N–H and O–H groups in total. The Bertz CT molecular complexity index is 194. The van der Waals surface area contributed by atoms with Crippen molar-refractivity contribution in [1.82, 2.24) is 0 Å². The van der Waals surface area contributed by atoms with E-state index in [9.17, 15) is 9.59 Å². The molecule has 0 aromatic carbocycles. The van der Waals surface area contributed by atoms with E-state index in [1.54, 1.807) is 6.92 Å². The second-order valence-corrected chi connectivity index (χ2v) is 4.17. The van der Waals surface area contributed by atoms with Crippen molar-refractivity contribution in [3.8, 4) is 0 Å². The van der Waals surface area contributed by atoms with Crippen LogP contribution < -0.4 is 0 Å². The summed E-state index contributed by atoms with van der Waals surface area (Å²) >= 11 is 1.41. The van der Waals surface area contributed by atoms with Gasteiger partial charge < -0.3 is 9.84 Å². The first-order valence-corrected chi connectivity index (χ1v) is 6.27. The van der Waals surface area contributed by atoms with Gasteiger partial charge in [-0.05, 0) is 25.5 Å². The van der Waals surface area contributed by atoms with Crippen LogP contribution in [0.15, 0.2) is 0 Å². The van der Waals surface area contributed by atoms with Gasteiger partial charge in [0.15, 0.2) is 0 Å². The minimum atomic E-state index is -0.772. The molecule has 0 rings (SSSR count). The van der Waals surface area contributed by atoms with Gasteiger partial charge in [0.1, 0.15) is 0 Å². The molecule has 0 radical (unpaired) electrons. The molecule has 0 heterocycles. The van der Waals surface area contributed by atoms with Gasteiger partial charge in [0.25, 0.3) is 0 Å². The van der Waals surface area contributed by atoms with Gasteiger partial charge in [0.05, 0.1) is 12.4 Å². The van der Waals surface area contributed by atoms with E-state index in [1.807, 2.05) is 0 Å². The SMILES string of the molecule is CCOC(=O)CCCCCSCC(=O)O. The Kier molecular flexibility index (Phi) is 9.36. The standard InChI is InChI=1S/C10H18O4S/c1-2-14-10(13)6-4-3-5-7-15-8-9(11)12/h2-8H2,1H3,(H,11,12). The van der Waals surface area contributed by atoms with Crippen molar-refractivity contribution in [1.29, 1.82) is 0 Å². The van der Waals surface area contributed by atoms with Crippen LogP contribution in [-0.2, 0) is 14.3 Å². The number of carbonyl (C=O) groups is 2. The lowest BCUT2D eigenvalue weighted by Gasteiger charge is -2.01. The quantitative estimate of drug-likeness (QED) is 0.488.